The highest BCUT2D eigenvalue weighted by Gasteiger charge is 2.18. The van der Waals surface area contributed by atoms with Gasteiger partial charge in [-0.2, -0.15) is 0 Å². The summed E-state index contributed by atoms with van der Waals surface area (Å²) in [6.45, 7) is 3.27. The molecule has 0 heterocycles. The fraction of sp³-hybridized carbons (Fsp3) is 0.308. The van der Waals surface area contributed by atoms with Gasteiger partial charge in [-0.25, -0.2) is 4.79 Å². The van der Waals surface area contributed by atoms with Crippen LogP contribution in [0.4, 0.5) is 0 Å². The highest BCUT2D eigenvalue weighted by molar-refractivity contribution is 6.63. The third-order valence-corrected chi connectivity index (χ3v) is 2.03. The molecule has 18 heavy (non-hydrogen) atoms. The van der Waals surface area contributed by atoms with Gasteiger partial charge in [-0.05, 0) is 12.5 Å². The highest BCUT2D eigenvalue weighted by atomic mass is 16.6. The van der Waals surface area contributed by atoms with Crippen molar-refractivity contribution in [3.05, 3.63) is 35.9 Å². The summed E-state index contributed by atoms with van der Waals surface area (Å²) >= 11 is 0. The van der Waals surface area contributed by atoms with Crippen LogP contribution in [0.5, 0.6) is 0 Å². The number of Topliss-reactive ketones (excluding diaryl/α,β-unsaturated/α-hetero) is 1. The lowest BCUT2D eigenvalue weighted by Crippen LogP contribution is -2.24. The van der Waals surface area contributed by atoms with E-state index < -0.39 is 11.8 Å². The predicted octanol–water partition coefficient (Wildman–Crippen LogP) is 1.71. The standard InChI is InChI=1S/C13H15NO4/c1-3-17-13(16)12(10(2)15)14-18-9-11-7-5-4-6-8-11/h4-8H,3,9H2,1-2H3/b14-12+. The monoisotopic (exact) mass is 249 g/mol. The van der Waals surface area contributed by atoms with E-state index in [1.165, 1.54) is 6.92 Å². The summed E-state index contributed by atoms with van der Waals surface area (Å²) in [5, 5.41) is 3.53. The van der Waals surface area contributed by atoms with E-state index in [-0.39, 0.29) is 18.9 Å². The van der Waals surface area contributed by atoms with Gasteiger partial charge in [0.25, 0.3) is 0 Å². The average molecular weight is 249 g/mol. The number of hydrogen-bond donors (Lipinski definition) is 0. The molecule has 0 N–H and O–H groups in total. The first-order valence-corrected chi connectivity index (χ1v) is 5.57. The van der Waals surface area contributed by atoms with Crippen molar-refractivity contribution in [1.29, 1.82) is 0 Å². The van der Waals surface area contributed by atoms with E-state index in [2.05, 4.69) is 5.16 Å². The van der Waals surface area contributed by atoms with Crippen LogP contribution in [0.3, 0.4) is 0 Å². The van der Waals surface area contributed by atoms with Crippen molar-refractivity contribution in [3.63, 3.8) is 0 Å². The van der Waals surface area contributed by atoms with Gasteiger partial charge in [0.2, 0.25) is 5.71 Å². The molecule has 0 amide bonds. The lowest BCUT2D eigenvalue weighted by Gasteiger charge is -2.03. The number of carbonyl (C=O) groups is 2. The van der Waals surface area contributed by atoms with Gasteiger partial charge in [-0.1, -0.05) is 35.5 Å². The Morgan fingerprint density at radius 3 is 2.44 bits per heavy atom. The molecule has 0 unspecified atom stereocenters. The van der Waals surface area contributed by atoms with Crippen LogP contribution in [0, 0.1) is 0 Å². The van der Waals surface area contributed by atoms with Gasteiger partial charge in [0.1, 0.15) is 6.61 Å². The minimum atomic E-state index is -0.766. The van der Waals surface area contributed by atoms with E-state index in [0.717, 1.165) is 5.56 Å². The average Bonchev–Trinajstić information content (AvgIpc) is 2.35. The van der Waals surface area contributed by atoms with E-state index in [9.17, 15) is 9.59 Å². The third-order valence-electron chi connectivity index (χ3n) is 2.03. The van der Waals surface area contributed by atoms with E-state index in [0.29, 0.717) is 0 Å². The van der Waals surface area contributed by atoms with Gasteiger partial charge in [0, 0.05) is 6.92 Å². The maximum Gasteiger partial charge on any atom is 0.364 e. The number of carbonyl (C=O) groups excluding carboxylic acids is 2. The van der Waals surface area contributed by atoms with Crippen molar-refractivity contribution < 1.29 is 19.2 Å². The number of rotatable bonds is 6. The van der Waals surface area contributed by atoms with Crippen molar-refractivity contribution in [1.82, 2.24) is 0 Å². The van der Waals surface area contributed by atoms with Crippen LogP contribution < -0.4 is 0 Å². The molecule has 5 nitrogen and oxygen atoms in total. The molecule has 1 aromatic rings. The zero-order chi connectivity index (χ0) is 13.4. The zero-order valence-corrected chi connectivity index (χ0v) is 10.4. The van der Waals surface area contributed by atoms with Crippen LogP contribution in [0.1, 0.15) is 19.4 Å². The molecular weight excluding hydrogens is 234 g/mol. The first-order valence-electron chi connectivity index (χ1n) is 5.57. The summed E-state index contributed by atoms with van der Waals surface area (Å²) in [4.78, 5) is 27.5. The van der Waals surface area contributed by atoms with Crippen molar-refractivity contribution in [2.24, 2.45) is 5.16 Å². The SMILES string of the molecule is CCOC(=O)/C(=N/OCc1ccccc1)C(C)=O. The van der Waals surface area contributed by atoms with Gasteiger partial charge in [-0.3, -0.25) is 4.79 Å². The Hall–Kier alpha value is -2.17. The van der Waals surface area contributed by atoms with E-state index in [1.54, 1.807) is 6.92 Å². The maximum absolute atomic E-state index is 11.4. The van der Waals surface area contributed by atoms with Crippen molar-refractivity contribution in [2.45, 2.75) is 20.5 Å². The van der Waals surface area contributed by atoms with Gasteiger partial charge < -0.3 is 9.57 Å². The van der Waals surface area contributed by atoms with Gasteiger partial charge >= 0.3 is 5.97 Å². The molecule has 0 atom stereocenters. The van der Waals surface area contributed by atoms with Crippen LogP contribution >= 0.6 is 0 Å². The molecule has 1 aromatic carbocycles. The number of nitrogens with zero attached hydrogens (tertiary/aromatic N) is 1. The van der Waals surface area contributed by atoms with Crippen molar-refractivity contribution in [2.75, 3.05) is 6.61 Å². The second-order valence-corrected chi connectivity index (χ2v) is 3.48. The molecule has 0 fully saturated rings. The lowest BCUT2D eigenvalue weighted by molar-refractivity contribution is -0.136. The fourth-order valence-corrected chi connectivity index (χ4v) is 1.19. The summed E-state index contributed by atoms with van der Waals surface area (Å²) in [5.41, 5.74) is 0.570. The van der Waals surface area contributed by atoms with E-state index in [1.807, 2.05) is 30.3 Å². The lowest BCUT2D eigenvalue weighted by atomic mass is 10.2. The Morgan fingerprint density at radius 1 is 1.22 bits per heavy atom. The Kier molecular flexibility index (Phi) is 5.57. The number of benzene rings is 1. The van der Waals surface area contributed by atoms with Crippen LogP contribution in [0.15, 0.2) is 35.5 Å². The Bertz CT molecular complexity index is 440. The van der Waals surface area contributed by atoms with Gasteiger partial charge in [-0.15, -0.1) is 0 Å². The number of oxime groups is 1. The summed E-state index contributed by atoms with van der Waals surface area (Å²) in [6.07, 6.45) is 0. The highest BCUT2D eigenvalue weighted by Crippen LogP contribution is 2.01. The molecular formula is C13H15NO4. The molecule has 0 saturated heterocycles. The van der Waals surface area contributed by atoms with Gasteiger partial charge in [0.05, 0.1) is 6.61 Å². The third kappa shape index (κ3) is 4.37. The van der Waals surface area contributed by atoms with E-state index in [4.69, 9.17) is 9.57 Å². The topological polar surface area (TPSA) is 65.0 Å². The molecule has 0 aliphatic carbocycles. The molecule has 0 spiro atoms. The molecule has 0 aliphatic rings. The molecule has 0 radical (unpaired) electrons. The minimum absolute atomic E-state index is 0.184. The summed E-state index contributed by atoms with van der Waals surface area (Å²) in [6, 6.07) is 9.31. The zero-order valence-electron chi connectivity index (χ0n) is 10.4. The maximum atomic E-state index is 11.4. The second-order valence-electron chi connectivity index (χ2n) is 3.48. The first kappa shape index (κ1) is 13.9. The van der Waals surface area contributed by atoms with Crippen molar-refractivity contribution >= 4 is 17.5 Å². The number of ether oxygens (including phenoxy) is 1. The van der Waals surface area contributed by atoms with Crippen LogP contribution in [-0.4, -0.2) is 24.1 Å². The fourth-order valence-electron chi connectivity index (χ4n) is 1.19. The van der Waals surface area contributed by atoms with Crippen LogP contribution in [-0.2, 0) is 25.8 Å². The molecule has 0 aromatic heterocycles. The first-order chi connectivity index (χ1) is 8.65. The van der Waals surface area contributed by atoms with Crippen LogP contribution in [0.2, 0.25) is 0 Å². The second kappa shape index (κ2) is 7.21. The minimum Gasteiger partial charge on any atom is -0.461 e. The van der Waals surface area contributed by atoms with Crippen molar-refractivity contribution in [3.8, 4) is 0 Å². The summed E-state index contributed by atoms with van der Waals surface area (Å²) in [5.74, 6) is -1.25. The van der Waals surface area contributed by atoms with Gasteiger partial charge in [0.15, 0.2) is 5.78 Å². The molecule has 0 bridgehead atoms. The summed E-state index contributed by atoms with van der Waals surface area (Å²) in [7, 11) is 0. The predicted molar refractivity (Wildman–Crippen MR) is 66.0 cm³/mol. The van der Waals surface area contributed by atoms with Crippen LogP contribution in [0.25, 0.3) is 0 Å². The Labute approximate surface area is 105 Å². The smallest absolute Gasteiger partial charge is 0.364 e. The molecule has 1 rings (SSSR count). The molecule has 5 heteroatoms. The Balaban J connectivity index is 2.61. The summed E-state index contributed by atoms with van der Waals surface area (Å²) < 4.78 is 4.70. The number of esters is 1. The quantitative estimate of drug-likeness (QED) is 0.333. The molecule has 0 aliphatic heterocycles. The number of hydrogen-bond acceptors (Lipinski definition) is 5. The number of ketones is 1. The Morgan fingerprint density at radius 2 is 1.89 bits per heavy atom. The normalized spacial score (nSPS) is 10.9. The molecule has 96 valence electrons. The van der Waals surface area contributed by atoms with E-state index >= 15 is 0 Å². The molecule has 0 saturated carbocycles. The largest absolute Gasteiger partial charge is 0.461 e.